The number of alkyl carbamates (subject to hydrolysis) is 1. The third-order valence-corrected chi connectivity index (χ3v) is 11.4. The summed E-state index contributed by atoms with van der Waals surface area (Å²) < 4.78 is 16.6. The third-order valence-electron chi connectivity index (χ3n) is 9.99. The smallest absolute Gasteiger partial charge is 0.407 e. The second-order valence-corrected chi connectivity index (χ2v) is 16.0. The van der Waals surface area contributed by atoms with Crippen LogP contribution in [0.2, 0.25) is 10.0 Å². The van der Waals surface area contributed by atoms with Crippen LogP contribution in [0.15, 0.2) is 23.2 Å². The molecule has 0 saturated heterocycles. The number of carbonyl (C=O) groups is 2. The summed E-state index contributed by atoms with van der Waals surface area (Å²) in [6.07, 6.45) is 11.6. The van der Waals surface area contributed by atoms with Gasteiger partial charge in [-0.3, -0.25) is 9.80 Å². The second-order valence-electron chi connectivity index (χ2n) is 14.6. The van der Waals surface area contributed by atoms with Crippen molar-refractivity contribution in [3.8, 4) is 11.5 Å². The number of nitrogens with one attached hydrogen (secondary N) is 2. The number of ether oxygens (including phenoxy) is 3. The molecule has 51 heavy (non-hydrogen) atoms. The van der Waals surface area contributed by atoms with Crippen LogP contribution in [-0.2, 0) is 17.8 Å². The number of halogens is 2. The van der Waals surface area contributed by atoms with Crippen molar-refractivity contribution in [1.82, 2.24) is 20.3 Å². The minimum absolute atomic E-state index is 0.105. The number of rotatable bonds is 9. The number of methoxy groups -OCH3 is 2. The van der Waals surface area contributed by atoms with Crippen LogP contribution in [0.4, 0.5) is 27.0 Å². The Morgan fingerprint density at radius 3 is 2.31 bits per heavy atom. The van der Waals surface area contributed by atoms with Gasteiger partial charge in [0.1, 0.15) is 33.0 Å². The first-order valence-corrected chi connectivity index (χ1v) is 19.3. The normalized spacial score (nSPS) is 21.5. The summed E-state index contributed by atoms with van der Waals surface area (Å²) >= 11 is 15.0. The lowest BCUT2D eigenvalue weighted by Crippen LogP contribution is -2.52. The van der Waals surface area contributed by atoms with Crippen LogP contribution in [-0.4, -0.2) is 59.0 Å². The Kier molecular flexibility index (Phi) is 11.7. The van der Waals surface area contributed by atoms with Gasteiger partial charge in [-0.1, -0.05) is 61.7 Å². The molecule has 12 nitrogen and oxygen atoms in total. The number of aromatic nitrogens is 3. The molecule has 3 aromatic rings. The van der Waals surface area contributed by atoms with Gasteiger partial charge in [-0.2, -0.15) is 4.98 Å². The molecule has 1 aliphatic heterocycles. The first-order chi connectivity index (χ1) is 24.5. The monoisotopic (exact) mass is 759 g/mol. The number of hydrogen-bond acceptors (Lipinski definition) is 10. The van der Waals surface area contributed by atoms with Crippen molar-refractivity contribution in [3.63, 3.8) is 0 Å². The lowest BCUT2D eigenvalue weighted by molar-refractivity contribution is 0.0474. The molecule has 1 unspecified atom stereocenters. The Morgan fingerprint density at radius 1 is 0.980 bits per heavy atom. The summed E-state index contributed by atoms with van der Waals surface area (Å²) in [5.41, 5.74) is 2.76. The molecule has 3 heterocycles. The van der Waals surface area contributed by atoms with Crippen molar-refractivity contribution in [2.24, 2.45) is 11.8 Å². The van der Waals surface area contributed by atoms with E-state index in [-0.39, 0.29) is 40.9 Å². The van der Waals surface area contributed by atoms with Gasteiger partial charge in [0.25, 0.3) is 0 Å². The summed E-state index contributed by atoms with van der Waals surface area (Å²) in [5, 5.41) is 8.97. The average molecular weight is 761 g/mol. The highest BCUT2D eigenvalue weighted by Gasteiger charge is 2.39. The fourth-order valence-electron chi connectivity index (χ4n) is 7.56. The quantitative estimate of drug-likeness (QED) is 0.206. The molecule has 276 valence electrons. The van der Waals surface area contributed by atoms with Crippen molar-refractivity contribution < 1.29 is 23.8 Å². The van der Waals surface area contributed by atoms with Gasteiger partial charge in [0.2, 0.25) is 5.95 Å². The molecule has 1 aromatic carbocycles. The molecule has 0 radical (unpaired) electrons. The third kappa shape index (κ3) is 8.58. The van der Waals surface area contributed by atoms with Gasteiger partial charge >= 0.3 is 12.1 Å². The first kappa shape index (κ1) is 37.2. The number of urea groups is 1. The van der Waals surface area contributed by atoms with Gasteiger partial charge in [-0.15, -0.1) is 11.3 Å². The molecule has 0 spiro atoms. The molecule has 0 bridgehead atoms. The van der Waals surface area contributed by atoms with E-state index >= 15 is 0 Å². The maximum atomic E-state index is 14.4. The number of fused-ring (bicyclic) bond motifs is 1. The Bertz CT molecular complexity index is 1670. The van der Waals surface area contributed by atoms with E-state index in [2.05, 4.69) is 15.6 Å². The highest BCUT2D eigenvalue weighted by atomic mass is 35.5. The number of carbonyl (C=O) groups excluding carboxylic acids is 2. The second kappa shape index (κ2) is 16.0. The Morgan fingerprint density at radius 2 is 1.69 bits per heavy atom. The molecule has 2 N–H and O–H groups in total. The molecular formula is C36H47Cl2N7O5S. The first-order valence-electron chi connectivity index (χ1n) is 17.6. The van der Waals surface area contributed by atoms with Crippen LogP contribution in [0.25, 0.3) is 0 Å². The zero-order chi connectivity index (χ0) is 36.3. The van der Waals surface area contributed by atoms with Crippen LogP contribution < -0.4 is 29.9 Å². The lowest BCUT2D eigenvalue weighted by Gasteiger charge is -2.40. The number of anilines is 3. The van der Waals surface area contributed by atoms with E-state index in [9.17, 15) is 9.59 Å². The Balaban J connectivity index is 1.32. The van der Waals surface area contributed by atoms with E-state index in [0.717, 1.165) is 19.3 Å². The van der Waals surface area contributed by atoms with Crippen molar-refractivity contribution in [2.75, 3.05) is 29.3 Å². The average Bonchev–Trinajstić information content (AvgIpc) is 3.46. The Labute approximate surface area is 313 Å². The topological polar surface area (TPSA) is 131 Å². The fourth-order valence-corrected chi connectivity index (χ4v) is 8.82. The van der Waals surface area contributed by atoms with Crippen LogP contribution in [0.3, 0.4) is 0 Å². The van der Waals surface area contributed by atoms with E-state index in [1.807, 2.05) is 26.2 Å². The SMILES string of the molecule is COc1cc(OC)c(Cl)c(N2Cc3cnc(N[C@@H]4CC(C5CCCCCC5)CC[C@@H]4NC(=O)OC(C)(C)C)nc3N(Cc3cscn3)C2=O)c1Cl. The minimum Gasteiger partial charge on any atom is -0.495 e. The number of amides is 3. The highest BCUT2D eigenvalue weighted by molar-refractivity contribution is 7.07. The Hall–Kier alpha value is -3.55. The molecular weight excluding hydrogens is 713 g/mol. The summed E-state index contributed by atoms with van der Waals surface area (Å²) in [7, 11) is 2.97. The largest absolute Gasteiger partial charge is 0.495 e. The molecule has 2 fully saturated rings. The molecule has 2 aliphatic carbocycles. The molecule has 3 amide bonds. The van der Waals surface area contributed by atoms with Gasteiger partial charge in [0, 0.05) is 29.2 Å². The standard InChI is InChI=1S/C36H47Cl2N7O5S/c1-36(2,3)50-34(46)42-25-13-12-22(21-10-8-6-7-9-11-21)14-26(25)41-33-39-16-23-17-44(31-29(37)27(48-4)15-28(49-5)30(31)38)35(47)45(32(23)43-33)18-24-19-51-20-40-24/h15-16,19-22,25-26H,6-14,17-18H2,1-5H3,(H,42,46)(H,39,41,43)/t22?,25-,26+/m0/s1. The lowest BCUT2D eigenvalue weighted by atomic mass is 9.73. The van der Waals surface area contributed by atoms with E-state index in [4.69, 9.17) is 47.4 Å². The van der Waals surface area contributed by atoms with Crippen molar-refractivity contribution in [3.05, 3.63) is 44.5 Å². The molecule has 6 rings (SSSR count). The van der Waals surface area contributed by atoms with Crippen LogP contribution in [0.5, 0.6) is 11.5 Å². The molecule has 15 heteroatoms. The van der Waals surface area contributed by atoms with Gasteiger partial charge in [-0.25, -0.2) is 19.6 Å². The number of hydrogen-bond donors (Lipinski definition) is 2. The summed E-state index contributed by atoms with van der Waals surface area (Å²) in [5.74, 6) is 2.65. The van der Waals surface area contributed by atoms with Crippen molar-refractivity contribution >= 4 is 64.1 Å². The summed E-state index contributed by atoms with van der Waals surface area (Å²) in [4.78, 5) is 44.6. The molecule has 3 aliphatic rings. The molecule has 3 atom stereocenters. The number of thiazole rings is 1. The molecule has 2 saturated carbocycles. The van der Waals surface area contributed by atoms with Gasteiger partial charge in [0.05, 0.1) is 50.2 Å². The summed E-state index contributed by atoms with van der Waals surface area (Å²) in [6, 6.07) is 0.871. The maximum absolute atomic E-state index is 14.4. The van der Waals surface area contributed by atoms with Crippen LogP contribution in [0.1, 0.15) is 89.8 Å². The van der Waals surface area contributed by atoms with Crippen LogP contribution in [0, 0.1) is 11.8 Å². The highest BCUT2D eigenvalue weighted by Crippen LogP contribution is 2.48. The van der Waals surface area contributed by atoms with Crippen molar-refractivity contribution in [1.29, 1.82) is 0 Å². The van der Waals surface area contributed by atoms with Gasteiger partial charge < -0.3 is 24.8 Å². The van der Waals surface area contributed by atoms with E-state index in [1.165, 1.54) is 69.0 Å². The predicted octanol–water partition coefficient (Wildman–Crippen LogP) is 8.85. The van der Waals surface area contributed by atoms with Crippen LogP contribution >= 0.6 is 34.5 Å². The summed E-state index contributed by atoms with van der Waals surface area (Å²) in [6.45, 7) is 5.85. The number of nitrogens with zero attached hydrogens (tertiary/aromatic N) is 5. The minimum atomic E-state index is -0.613. The maximum Gasteiger partial charge on any atom is 0.407 e. The van der Waals surface area contributed by atoms with Crippen molar-refractivity contribution in [2.45, 2.75) is 109 Å². The predicted molar refractivity (Wildman–Crippen MR) is 201 cm³/mol. The van der Waals surface area contributed by atoms with Gasteiger partial charge in [-0.05, 0) is 51.9 Å². The van der Waals surface area contributed by atoms with Gasteiger partial charge in [0.15, 0.2) is 0 Å². The fraction of sp³-hybridized carbons (Fsp3) is 0.583. The zero-order valence-corrected chi connectivity index (χ0v) is 32.2. The van der Waals surface area contributed by atoms with E-state index in [0.29, 0.717) is 46.4 Å². The van der Waals surface area contributed by atoms with E-state index < -0.39 is 17.7 Å². The molecule has 2 aromatic heterocycles. The number of benzene rings is 1. The zero-order valence-electron chi connectivity index (χ0n) is 29.8. The van der Waals surface area contributed by atoms with E-state index in [1.54, 1.807) is 22.7 Å².